The highest BCUT2D eigenvalue weighted by Gasteiger charge is 2.34. The van der Waals surface area contributed by atoms with Crippen LogP contribution in [-0.4, -0.2) is 17.6 Å². The molecule has 1 heterocycles. The first-order chi connectivity index (χ1) is 8.55. The van der Waals surface area contributed by atoms with Crippen LogP contribution in [0.2, 0.25) is 0 Å². The summed E-state index contributed by atoms with van der Waals surface area (Å²) < 4.78 is 5.12. The van der Waals surface area contributed by atoms with E-state index in [-0.39, 0.29) is 5.97 Å². The second-order valence-electron chi connectivity index (χ2n) is 5.40. The maximum Gasteiger partial charge on any atom is 0.317 e. The highest BCUT2D eigenvalue weighted by Crippen LogP contribution is 2.37. The van der Waals surface area contributed by atoms with E-state index in [1.165, 1.54) is 30.7 Å². The highest BCUT2D eigenvalue weighted by molar-refractivity contribution is 7.09. The minimum Gasteiger partial charge on any atom is -0.465 e. The minimum absolute atomic E-state index is 0.187. The van der Waals surface area contributed by atoms with Gasteiger partial charge in [-0.25, -0.2) is 4.98 Å². The first-order valence-corrected chi connectivity index (χ1v) is 7.56. The number of ether oxygens (including phenoxy) is 1. The average Bonchev–Trinajstić information content (AvgIpc) is 3.00. The lowest BCUT2D eigenvalue weighted by atomic mass is 9.90. The zero-order chi connectivity index (χ0) is 13.2. The molecule has 0 atom stereocenters. The molecule has 0 unspecified atom stereocenters. The number of esters is 1. The summed E-state index contributed by atoms with van der Waals surface area (Å²) in [5.41, 5.74) is 0.219. The molecule has 1 aliphatic carbocycles. The molecule has 1 fully saturated rings. The molecule has 3 nitrogen and oxygen atoms in total. The monoisotopic (exact) mass is 267 g/mol. The van der Waals surface area contributed by atoms with Crippen molar-refractivity contribution in [2.45, 2.75) is 57.8 Å². The highest BCUT2D eigenvalue weighted by atomic mass is 32.1. The standard InChI is InChI=1S/C14H21NO2S/c1-4-17-13(16)14(2,3)11-9-18-12(15-11)10-7-5-6-8-10/h9-10H,4-8H2,1-3H3. The molecule has 4 heteroatoms. The van der Waals surface area contributed by atoms with Crippen molar-refractivity contribution in [3.63, 3.8) is 0 Å². The van der Waals surface area contributed by atoms with Gasteiger partial charge in [0.2, 0.25) is 0 Å². The van der Waals surface area contributed by atoms with Gasteiger partial charge in [0.15, 0.2) is 0 Å². The molecule has 2 rings (SSSR count). The van der Waals surface area contributed by atoms with Gasteiger partial charge in [0.1, 0.15) is 5.41 Å². The molecule has 1 saturated carbocycles. The number of nitrogens with zero attached hydrogens (tertiary/aromatic N) is 1. The van der Waals surface area contributed by atoms with E-state index < -0.39 is 5.41 Å². The Morgan fingerprint density at radius 1 is 1.50 bits per heavy atom. The van der Waals surface area contributed by atoms with Crippen LogP contribution in [0.1, 0.15) is 63.1 Å². The molecular formula is C14H21NO2S. The average molecular weight is 267 g/mol. The van der Waals surface area contributed by atoms with Gasteiger partial charge in [0.05, 0.1) is 17.3 Å². The molecule has 0 spiro atoms. The third kappa shape index (κ3) is 2.58. The molecule has 0 radical (unpaired) electrons. The van der Waals surface area contributed by atoms with Gasteiger partial charge in [0.25, 0.3) is 0 Å². The number of thiazole rings is 1. The molecule has 100 valence electrons. The van der Waals surface area contributed by atoms with Crippen molar-refractivity contribution < 1.29 is 9.53 Å². The number of carbonyl (C=O) groups is 1. The quantitative estimate of drug-likeness (QED) is 0.782. The van der Waals surface area contributed by atoms with Crippen molar-refractivity contribution in [1.29, 1.82) is 0 Å². The summed E-state index contributed by atoms with van der Waals surface area (Å²) in [4.78, 5) is 16.6. The number of aromatic nitrogens is 1. The summed E-state index contributed by atoms with van der Waals surface area (Å²) in [7, 11) is 0. The lowest BCUT2D eigenvalue weighted by molar-refractivity contribution is -0.148. The Bertz CT molecular complexity index is 419. The largest absolute Gasteiger partial charge is 0.465 e. The predicted molar refractivity (Wildman–Crippen MR) is 73.0 cm³/mol. The van der Waals surface area contributed by atoms with Crippen LogP contribution >= 0.6 is 11.3 Å². The predicted octanol–water partition coefficient (Wildman–Crippen LogP) is 3.64. The fourth-order valence-corrected chi connectivity index (χ4v) is 3.51. The van der Waals surface area contributed by atoms with Gasteiger partial charge in [-0.2, -0.15) is 0 Å². The molecule has 0 aliphatic heterocycles. The van der Waals surface area contributed by atoms with Crippen LogP contribution in [0.5, 0.6) is 0 Å². The van der Waals surface area contributed by atoms with Crippen LogP contribution in [0.15, 0.2) is 5.38 Å². The molecule has 0 amide bonds. The topological polar surface area (TPSA) is 39.2 Å². The fourth-order valence-electron chi connectivity index (χ4n) is 2.35. The number of hydrogen-bond donors (Lipinski definition) is 0. The van der Waals surface area contributed by atoms with E-state index in [1.807, 2.05) is 26.2 Å². The van der Waals surface area contributed by atoms with Crippen LogP contribution in [-0.2, 0) is 14.9 Å². The first-order valence-electron chi connectivity index (χ1n) is 6.68. The van der Waals surface area contributed by atoms with Gasteiger partial charge >= 0.3 is 5.97 Å². The SMILES string of the molecule is CCOC(=O)C(C)(C)c1csc(C2CCCC2)n1. The van der Waals surface area contributed by atoms with Gasteiger partial charge in [-0.1, -0.05) is 12.8 Å². The Balaban J connectivity index is 2.15. The molecule has 0 aromatic carbocycles. The summed E-state index contributed by atoms with van der Waals surface area (Å²) in [6.45, 7) is 6.03. The number of carbonyl (C=O) groups excluding carboxylic acids is 1. The lowest BCUT2D eigenvalue weighted by Crippen LogP contribution is -2.31. The fraction of sp³-hybridized carbons (Fsp3) is 0.714. The number of rotatable bonds is 4. The second kappa shape index (κ2) is 5.39. The summed E-state index contributed by atoms with van der Waals surface area (Å²) in [6, 6.07) is 0. The van der Waals surface area contributed by atoms with E-state index in [0.29, 0.717) is 12.5 Å². The van der Waals surface area contributed by atoms with E-state index in [4.69, 9.17) is 4.74 Å². The minimum atomic E-state index is -0.636. The van der Waals surface area contributed by atoms with Crippen molar-refractivity contribution >= 4 is 17.3 Å². The Morgan fingerprint density at radius 3 is 2.78 bits per heavy atom. The van der Waals surface area contributed by atoms with Gasteiger partial charge in [-0.15, -0.1) is 11.3 Å². The van der Waals surface area contributed by atoms with Crippen LogP contribution in [0.4, 0.5) is 0 Å². The van der Waals surface area contributed by atoms with Crippen molar-refractivity contribution in [3.8, 4) is 0 Å². The molecule has 1 aliphatic rings. The third-order valence-corrected chi connectivity index (χ3v) is 4.66. The smallest absolute Gasteiger partial charge is 0.317 e. The van der Waals surface area contributed by atoms with E-state index >= 15 is 0 Å². The van der Waals surface area contributed by atoms with Crippen LogP contribution in [0, 0.1) is 0 Å². The molecule has 1 aromatic rings. The van der Waals surface area contributed by atoms with Crippen LogP contribution in [0.25, 0.3) is 0 Å². The Labute approximate surface area is 113 Å². The van der Waals surface area contributed by atoms with E-state index in [1.54, 1.807) is 11.3 Å². The Kier molecular flexibility index (Phi) is 4.05. The first kappa shape index (κ1) is 13.5. The van der Waals surface area contributed by atoms with Gasteiger partial charge < -0.3 is 4.74 Å². The second-order valence-corrected chi connectivity index (χ2v) is 6.29. The summed E-state index contributed by atoms with van der Waals surface area (Å²) in [6.07, 6.45) is 5.10. The van der Waals surface area contributed by atoms with Gasteiger partial charge in [-0.05, 0) is 33.6 Å². The van der Waals surface area contributed by atoms with Crippen molar-refractivity contribution in [2.75, 3.05) is 6.61 Å². The van der Waals surface area contributed by atoms with E-state index in [0.717, 1.165) is 5.69 Å². The maximum absolute atomic E-state index is 11.9. The van der Waals surface area contributed by atoms with Crippen molar-refractivity contribution in [1.82, 2.24) is 4.98 Å². The Morgan fingerprint density at radius 2 is 2.17 bits per heavy atom. The summed E-state index contributed by atoms with van der Waals surface area (Å²) in [5.74, 6) is 0.426. The molecule has 0 bridgehead atoms. The maximum atomic E-state index is 11.9. The van der Waals surface area contributed by atoms with Crippen molar-refractivity contribution in [2.24, 2.45) is 0 Å². The van der Waals surface area contributed by atoms with E-state index in [2.05, 4.69) is 4.98 Å². The van der Waals surface area contributed by atoms with Gasteiger partial charge in [-0.3, -0.25) is 4.79 Å². The van der Waals surface area contributed by atoms with Crippen LogP contribution < -0.4 is 0 Å². The van der Waals surface area contributed by atoms with E-state index in [9.17, 15) is 4.79 Å². The van der Waals surface area contributed by atoms with Gasteiger partial charge in [0, 0.05) is 11.3 Å². The zero-order valence-corrected chi connectivity index (χ0v) is 12.2. The zero-order valence-electron chi connectivity index (χ0n) is 11.4. The normalized spacial score (nSPS) is 17.1. The molecular weight excluding hydrogens is 246 g/mol. The summed E-state index contributed by atoms with van der Waals surface area (Å²) in [5, 5.41) is 3.21. The molecule has 18 heavy (non-hydrogen) atoms. The third-order valence-electron chi connectivity index (χ3n) is 3.65. The molecule has 0 N–H and O–H groups in total. The molecule has 1 aromatic heterocycles. The molecule has 0 saturated heterocycles. The lowest BCUT2D eigenvalue weighted by Gasteiger charge is -2.19. The summed E-state index contributed by atoms with van der Waals surface area (Å²) >= 11 is 1.69. The van der Waals surface area contributed by atoms with Crippen molar-refractivity contribution in [3.05, 3.63) is 16.1 Å². The number of hydrogen-bond acceptors (Lipinski definition) is 4. The van der Waals surface area contributed by atoms with Crippen LogP contribution in [0.3, 0.4) is 0 Å². The Hall–Kier alpha value is -0.900.